The van der Waals surface area contributed by atoms with Gasteiger partial charge in [0.1, 0.15) is 5.65 Å². The van der Waals surface area contributed by atoms with E-state index in [1.165, 1.54) is 5.56 Å². The first kappa shape index (κ1) is 9.71. The molecule has 78 valence electrons. The van der Waals surface area contributed by atoms with Crippen LogP contribution in [0.25, 0.3) is 5.65 Å². The van der Waals surface area contributed by atoms with Crippen LogP contribution in [0.2, 0.25) is 0 Å². The Hall–Kier alpha value is -1.84. The average Bonchev–Trinajstić information content (AvgIpc) is 2.43. The van der Waals surface area contributed by atoms with Crippen LogP contribution in [0, 0.1) is 19.3 Å². The minimum Gasteiger partial charge on any atom is -0.387 e. The standard InChI is InChI=1S/C11H14N4/c1-7-3-4-11-14-8(2)9(5-10(12)13)15(11)6-7/h3-4,6H,5H2,1-2H3,(H3,12,13). The number of rotatable bonds is 2. The van der Waals surface area contributed by atoms with E-state index in [2.05, 4.69) is 4.98 Å². The maximum Gasteiger partial charge on any atom is 0.137 e. The van der Waals surface area contributed by atoms with Gasteiger partial charge in [-0.25, -0.2) is 4.98 Å². The summed E-state index contributed by atoms with van der Waals surface area (Å²) in [6.45, 7) is 3.98. The Morgan fingerprint density at radius 2 is 2.20 bits per heavy atom. The second kappa shape index (κ2) is 3.38. The van der Waals surface area contributed by atoms with Crippen molar-refractivity contribution < 1.29 is 0 Å². The number of nitrogens with zero attached hydrogens (tertiary/aromatic N) is 2. The molecule has 4 nitrogen and oxygen atoms in total. The topological polar surface area (TPSA) is 67.2 Å². The fourth-order valence-electron chi connectivity index (χ4n) is 1.71. The Morgan fingerprint density at radius 3 is 2.87 bits per heavy atom. The lowest BCUT2D eigenvalue weighted by Gasteiger charge is -2.02. The Balaban J connectivity index is 2.65. The van der Waals surface area contributed by atoms with Crippen LogP contribution in [-0.2, 0) is 6.42 Å². The smallest absolute Gasteiger partial charge is 0.137 e. The highest BCUT2D eigenvalue weighted by atomic mass is 15.0. The second-order valence-corrected chi connectivity index (χ2v) is 3.78. The summed E-state index contributed by atoms with van der Waals surface area (Å²) in [5.41, 5.74) is 9.45. The SMILES string of the molecule is Cc1ccc2nc(C)c(CC(=N)N)n2c1. The number of nitrogens with one attached hydrogen (secondary N) is 1. The molecule has 0 fully saturated rings. The van der Waals surface area contributed by atoms with Gasteiger partial charge in [-0.2, -0.15) is 0 Å². The van der Waals surface area contributed by atoms with Crippen molar-refractivity contribution in [2.75, 3.05) is 0 Å². The van der Waals surface area contributed by atoms with E-state index in [-0.39, 0.29) is 5.84 Å². The molecule has 0 aliphatic rings. The zero-order valence-corrected chi connectivity index (χ0v) is 8.91. The molecule has 15 heavy (non-hydrogen) atoms. The van der Waals surface area contributed by atoms with Gasteiger partial charge < -0.3 is 10.1 Å². The molecule has 0 amide bonds. The average molecular weight is 202 g/mol. The van der Waals surface area contributed by atoms with Gasteiger partial charge in [0.15, 0.2) is 0 Å². The molecule has 0 saturated heterocycles. The lowest BCUT2D eigenvalue weighted by Crippen LogP contribution is -2.14. The van der Waals surface area contributed by atoms with Gasteiger partial charge in [-0.15, -0.1) is 0 Å². The fraction of sp³-hybridized carbons (Fsp3) is 0.273. The first-order valence-corrected chi connectivity index (χ1v) is 4.85. The van der Waals surface area contributed by atoms with Gasteiger partial charge in [0.25, 0.3) is 0 Å². The highest BCUT2D eigenvalue weighted by molar-refractivity contribution is 5.79. The van der Waals surface area contributed by atoms with E-state index in [0.717, 1.165) is 17.0 Å². The van der Waals surface area contributed by atoms with Crippen molar-refractivity contribution in [2.45, 2.75) is 20.3 Å². The summed E-state index contributed by atoms with van der Waals surface area (Å²) < 4.78 is 2.01. The summed E-state index contributed by atoms with van der Waals surface area (Å²) in [5, 5.41) is 7.33. The monoisotopic (exact) mass is 202 g/mol. The molecule has 0 saturated carbocycles. The number of amidine groups is 1. The van der Waals surface area contributed by atoms with E-state index in [1.807, 2.05) is 36.6 Å². The minimum absolute atomic E-state index is 0.168. The van der Waals surface area contributed by atoms with E-state index in [4.69, 9.17) is 11.1 Å². The van der Waals surface area contributed by atoms with Crippen molar-refractivity contribution in [1.29, 1.82) is 5.41 Å². The van der Waals surface area contributed by atoms with Gasteiger partial charge in [0.05, 0.1) is 17.2 Å². The molecule has 0 aliphatic carbocycles. The number of pyridine rings is 1. The summed E-state index contributed by atoms with van der Waals surface area (Å²) in [5.74, 6) is 0.168. The van der Waals surface area contributed by atoms with Crippen LogP contribution in [-0.4, -0.2) is 15.2 Å². The molecule has 0 spiro atoms. The molecule has 3 N–H and O–H groups in total. The van der Waals surface area contributed by atoms with E-state index >= 15 is 0 Å². The Kier molecular flexibility index (Phi) is 2.19. The van der Waals surface area contributed by atoms with E-state index in [9.17, 15) is 0 Å². The van der Waals surface area contributed by atoms with Crippen LogP contribution in [0.1, 0.15) is 17.0 Å². The Morgan fingerprint density at radius 1 is 1.47 bits per heavy atom. The molecule has 2 rings (SSSR count). The lowest BCUT2D eigenvalue weighted by molar-refractivity contribution is 1.03. The molecule has 0 aliphatic heterocycles. The zero-order chi connectivity index (χ0) is 11.0. The largest absolute Gasteiger partial charge is 0.387 e. The van der Waals surface area contributed by atoms with Crippen LogP contribution >= 0.6 is 0 Å². The first-order chi connectivity index (χ1) is 7.08. The maximum atomic E-state index is 7.33. The van der Waals surface area contributed by atoms with Crippen molar-refractivity contribution in [2.24, 2.45) is 5.73 Å². The molecule has 2 aromatic heterocycles. The highest BCUT2D eigenvalue weighted by Gasteiger charge is 2.09. The van der Waals surface area contributed by atoms with Gasteiger partial charge in [-0.3, -0.25) is 5.41 Å². The van der Waals surface area contributed by atoms with Crippen LogP contribution < -0.4 is 5.73 Å². The van der Waals surface area contributed by atoms with Crippen molar-refractivity contribution in [3.8, 4) is 0 Å². The Bertz CT molecular complexity index is 525. The summed E-state index contributed by atoms with van der Waals surface area (Å²) in [6.07, 6.45) is 2.48. The van der Waals surface area contributed by atoms with E-state index < -0.39 is 0 Å². The van der Waals surface area contributed by atoms with E-state index in [1.54, 1.807) is 0 Å². The molecule has 0 radical (unpaired) electrons. The van der Waals surface area contributed by atoms with Gasteiger partial charge in [0, 0.05) is 12.6 Å². The number of aromatic nitrogens is 2. The minimum atomic E-state index is 0.168. The van der Waals surface area contributed by atoms with Crippen LogP contribution in [0.15, 0.2) is 18.3 Å². The molecule has 0 atom stereocenters. The van der Waals surface area contributed by atoms with Gasteiger partial charge in [-0.05, 0) is 25.5 Å². The lowest BCUT2D eigenvalue weighted by atomic mass is 10.2. The number of fused-ring (bicyclic) bond motifs is 1. The molecule has 2 heterocycles. The molecular formula is C11H14N4. The summed E-state index contributed by atoms with van der Waals surface area (Å²) >= 11 is 0. The quantitative estimate of drug-likeness (QED) is 0.571. The highest BCUT2D eigenvalue weighted by Crippen LogP contribution is 2.13. The predicted octanol–water partition coefficient (Wildman–Crippen LogP) is 1.43. The molecule has 0 unspecified atom stereocenters. The summed E-state index contributed by atoms with van der Waals surface area (Å²) in [7, 11) is 0. The van der Waals surface area contributed by atoms with Crippen LogP contribution in [0.3, 0.4) is 0 Å². The molecule has 2 aromatic rings. The van der Waals surface area contributed by atoms with Gasteiger partial charge in [0.2, 0.25) is 0 Å². The number of hydrogen-bond acceptors (Lipinski definition) is 2. The van der Waals surface area contributed by atoms with Gasteiger partial charge >= 0.3 is 0 Å². The first-order valence-electron chi connectivity index (χ1n) is 4.85. The third kappa shape index (κ3) is 1.70. The summed E-state index contributed by atoms with van der Waals surface area (Å²) in [6, 6.07) is 4.01. The van der Waals surface area contributed by atoms with Gasteiger partial charge in [-0.1, -0.05) is 6.07 Å². The number of imidazole rings is 1. The predicted molar refractivity (Wildman–Crippen MR) is 60.3 cm³/mol. The molecule has 0 aromatic carbocycles. The number of nitrogens with two attached hydrogens (primary N) is 1. The normalized spacial score (nSPS) is 10.8. The molecule has 4 heteroatoms. The number of hydrogen-bond donors (Lipinski definition) is 2. The maximum absolute atomic E-state index is 7.33. The fourth-order valence-corrected chi connectivity index (χ4v) is 1.71. The zero-order valence-electron chi connectivity index (χ0n) is 8.91. The van der Waals surface area contributed by atoms with Crippen molar-refractivity contribution in [3.05, 3.63) is 35.3 Å². The third-order valence-corrected chi connectivity index (χ3v) is 2.42. The van der Waals surface area contributed by atoms with Crippen molar-refractivity contribution in [3.63, 3.8) is 0 Å². The Labute approximate surface area is 88.3 Å². The van der Waals surface area contributed by atoms with E-state index in [0.29, 0.717) is 6.42 Å². The third-order valence-electron chi connectivity index (χ3n) is 2.42. The van der Waals surface area contributed by atoms with Crippen molar-refractivity contribution >= 4 is 11.5 Å². The number of aryl methyl sites for hydroxylation is 2. The summed E-state index contributed by atoms with van der Waals surface area (Å²) in [4.78, 5) is 4.42. The second-order valence-electron chi connectivity index (χ2n) is 3.78. The van der Waals surface area contributed by atoms with Crippen LogP contribution in [0.4, 0.5) is 0 Å². The molecule has 0 bridgehead atoms. The van der Waals surface area contributed by atoms with Crippen molar-refractivity contribution in [1.82, 2.24) is 9.38 Å². The van der Waals surface area contributed by atoms with Crippen LogP contribution in [0.5, 0.6) is 0 Å². The molecular weight excluding hydrogens is 188 g/mol.